The minimum Gasteiger partial charge on any atom is -0.317 e. The first kappa shape index (κ1) is 20.2. The Balaban J connectivity index is 1.55. The number of aromatic nitrogens is 1. The van der Waals surface area contributed by atoms with Crippen LogP contribution < -0.4 is 10.2 Å². The van der Waals surface area contributed by atoms with Gasteiger partial charge in [0.2, 0.25) is 0 Å². The number of nitrogens with one attached hydrogen (secondary N) is 1. The van der Waals surface area contributed by atoms with Crippen molar-refractivity contribution in [3.8, 4) is 5.69 Å². The predicted molar refractivity (Wildman–Crippen MR) is 131 cm³/mol. The summed E-state index contributed by atoms with van der Waals surface area (Å²) in [6.45, 7) is 0. The number of nitrogens with zero attached hydrogens (tertiary/aromatic N) is 2. The zero-order chi connectivity index (χ0) is 22.2. The summed E-state index contributed by atoms with van der Waals surface area (Å²) in [4.78, 5) is 27.2. The van der Waals surface area contributed by atoms with Crippen LogP contribution in [0.2, 0.25) is 5.02 Å². The van der Waals surface area contributed by atoms with E-state index in [-0.39, 0.29) is 10.7 Å². The summed E-state index contributed by atoms with van der Waals surface area (Å²) in [5.74, 6) is -1.02. The van der Waals surface area contributed by atoms with E-state index in [4.69, 9.17) is 23.8 Å². The number of halogens is 1. The Kier molecular flexibility index (Phi) is 5.09. The molecule has 2 heterocycles. The van der Waals surface area contributed by atoms with Crippen LogP contribution in [0, 0.1) is 0 Å². The summed E-state index contributed by atoms with van der Waals surface area (Å²) in [5, 5.41) is 5.41. The largest absolute Gasteiger partial charge is 0.317 e. The second-order valence-electron chi connectivity index (χ2n) is 7.27. The molecule has 156 valence electrons. The number of thiocarbonyl (C=S) groups is 1. The lowest BCUT2D eigenvalue weighted by Crippen LogP contribution is -2.54. The smallest absolute Gasteiger partial charge is 0.270 e. The van der Waals surface area contributed by atoms with Crippen molar-refractivity contribution in [3.63, 3.8) is 0 Å². The summed E-state index contributed by atoms with van der Waals surface area (Å²) in [7, 11) is 0. The Bertz CT molecular complexity index is 1420. The third-order valence-corrected chi connectivity index (χ3v) is 5.81. The molecule has 0 spiro atoms. The van der Waals surface area contributed by atoms with E-state index >= 15 is 0 Å². The standard InChI is InChI=1S/C25H16ClN3O2S/c26-18-8-11-19(12-9-18)29-24(31)22(23(30)27-25(29)32)15-20-6-3-13-28(20)21-10-7-16-4-1-2-5-17(16)14-21/h1-15H,(H,27,30,32)/b22-15+. The highest BCUT2D eigenvalue weighted by Crippen LogP contribution is 2.25. The van der Waals surface area contributed by atoms with Crippen molar-refractivity contribution < 1.29 is 9.59 Å². The summed E-state index contributed by atoms with van der Waals surface area (Å²) >= 11 is 11.2. The van der Waals surface area contributed by atoms with Gasteiger partial charge in [0.15, 0.2) is 5.11 Å². The lowest BCUT2D eigenvalue weighted by Gasteiger charge is -2.29. The monoisotopic (exact) mass is 457 g/mol. The molecular weight excluding hydrogens is 442 g/mol. The second-order valence-corrected chi connectivity index (χ2v) is 8.09. The van der Waals surface area contributed by atoms with Crippen molar-refractivity contribution in [3.05, 3.63) is 101 Å². The van der Waals surface area contributed by atoms with Gasteiger partial charge in [-0.25, -0.2) is 0 Å². The molecule has 2 amide bonds. The number of benzene rings is 3. The van der Waals surface area contributed by atoms with Crippen molar-refractivity contribution in [2.75, 3.05) is 4.90 Å². The molecule has 4 aromatic rings. The Hall–Kier alpha value is -3.74. The van der Waals surface area contributed by atoms with E-state index in [9.17, 15) is 9.59 Å². The van der Waals surface area contributed by atoms with Gasteiger partial charge in [0.1, 0.15) is 5.57 Å². The van der Waals surface area contributed by atoms with E-state index in [0.717, 1.165) is 16.5 Å². The Morgan fingerprint density at radius 2 is 1.56 bits per heavy atom. The minimum atomic E-state index is -0.531. The number of fused-ring (bicyclic) bond motifs is 1. The fraction of sp³-hybridized carbons (Fsp3) is 0. The van der Waals surface area contributed by atoms with Gasteiger partial charge < -0.3 is 4.57 Å². The van der Waals surface area contributed by atoms with Gasteiger partial charge in [0.05, 0.1) is 5.69 Å². The summed E-state index contributed by atoms with van der Waals surface area (Å²) in [6.07, 6.45) is 3.47. The van der Waals surface area contributed by atoms with E-state index in [0.29, 0.717) is 16.4 Å². The topological polar surface area (TPSA) is 54.3 Å². The molecule has 5 nitrogen and oxygen atoms in total. The van der Waals surface area contributed by atoms with Crippen LogP contribution in [0.15, 0.2) is 90.6 Å². The molecule has 1 aromatic heterocycles. The second kappa shape index (κ2) is 8.07. The van der Waals surface area contributed by atoms with Crippen LogP contribution >= 0.6 is 23.8 Å². The number of carbonyl (C=O) groups excluding carboxylic acids is 2. The Morgan fingerprint density at radius 3 is 2.34 bits per heavy atom. The van der Waals surface area contributed by atoms with Crippen LogP contribution in [0.1, 0.15) is 5.69 Å². The highest BCUT2D eigenvalue weighted by atomic mass is 35.5. The fourth-order valence-electron chi connectivity index (χ4n) is 3.70. The molecule has 0 saturated carbocycles. The molecule has 0 atom stereocenters. The van der Waals surface area contributed by atoms with Crippen LogP contribution in [0.3, 0.4) is 0 Å². The summed E-state index contributed by atoms with van der Waals surface area (Å²) in [5.41, 5.74) is 2.14. The molecule has 7 heteroatoms. The maximum Gasteiger partial charge on any atom is 0.270 e. The van der Waals surface area contributed by atoms with Crippen LogP contribution in [-0.4, -0.2) is 21.5 Å². The maximum atomic E-state index is 13.2. The summed E-state index contributed by atoms with van der Waals surface area (Å²) < 4.78 is 1.93. The molecule has 1 saturated heterocycles. The van der Waals surface area contributed by atoms with Crippen molar-refractivity contribution in [2.45, 2.75) is 0 Å². The molecule has 32 heavy (non-hydrogen) atoms. The van der Waals surface area contributed by atoms with Crippen LogP contribution in [0.4, 0.5) is 5.69 Å². The third kappa shape index (κ3) is 3.60. The number of anilines is 1. The number of carbonyl (C=O) groups is 2. The molecule has 1 aliphatic rings. The molecule has 1 N–H and O–H groups in total. The van der Waals surface area contributed by atoms with Crippen LogP contribution in [-0.2, 0) is 9.59 Å². The molecule has 0 bridgehead atoms. The van der Waals surface area contributed by atoms with E-state index in [2.05, 4.69) is 17.4 Å². The normalized spacial score (nSPS) is 15.5. The summed E-state index contributed by atoms with van der Waals surface area (Å²) in [6, 6.07) is 24.6. The molecule has 1 aliphatic heterocycles. The SMILES string of the molecule is O=C1NC(=S)N(c2ccc(Cl)cc2)C(=O)/C1=C/c1cccn1-c1ccc2ccccc2c1. The van der Waals surface area contributed by atoms with Crippen molar-refractivity contribution >= 4 is 63.3 Å². The predicted octanol–water partition coefficient (Wildman–Crippen LogP) is 5.12. The van der Waals surface area contributed by atoms with Gasteiger partial charge in [-0.3, -0.25) is 19.8 Å². The average molecular weight is 458 g/mol. The lowest BCUT2D eigenvalue weighted by atomic mass is 10.1. The molecular formula is C25H16ClN3O2S. The van der Waals surface area contributed by atoms with Crippen molar-refractivity contribution in [2.24, 2.45) is 0 Å². The first-order valence-electron chi connectivity index (χ1n) is 9.85. The first-order chi connectivity index (χ1) is 15.5. The van der Waals surface area contributed by atoms with Gasteiger partial charge in [-0.15, -0.1) is 0 Å². The maximum absolute atomic E-state index is 13.2. The number of hydrogen-bond acceptors (Lipinski definition) is 3. The van der Waals surface area contributed by atoms with E-state index < -0.39 is 11.8 Å². The van der Waals surface area contributed by atoms with Gasteiger partial charge in [0.25, 0.3) is 11.8 Å². The minimum absolute atomic E-state index is 0.00529. The van der Waals surface area contributed by atoms with Gasteiger partial charge in [-0.1, -0.05) is 41.9 Å². The molecule has 0 unspecified atom stereocenters. The Morgan fingerprint density at radius 1 is 0.844 bits per heavy atom. The molecule has 0 radical (unpaired) electrons. The third-order valence-electron chi connectivity index (χ3n) is 5.27. The zero-order valence-corrected chi connectivity index (χ0v) is 18.2. The van der Waals surface area contributed by atoms with Crippen LogP contribution in [0.5, 0.6) is 0 Å². The van der Waals surface area contributed by atoms with E-state index in [1.165, 1.54) is 4.90 Å². The van der Waals surface area contributed by atoms with Gasteiger partial charge in [-0.2, -0.15) is 0 Å². The lowest BCUT2D eigenvalue weighted by molar-refractivity contribution is -0.122. The zero-order valence-electron chi connectivity index (χ0n) is 16.7. The quantitative estimate of drug-likeness (QED) is 0.264. The number of hydrogen-bond donors (Lipinski definition) is 1. The van der Waals surface area contributed by atoms with Crippen molar-refractivity contribution in [1.29, 1.82) is 0 Å². The van der Waals surface area contributed by atoms with Crippen LogP contribution in [0.25, 0.3) is 22.5 Å². The number of amides is 2. The molecule has 5 rings (SSSR count). The van der Waals surface area contributed by atoms with Crippen molar-refractivity contribution in [1.82, 2.24) is 9.88 Å². The highest BCUT2D eigenvalue weighted by Gasteiger charge is 2.34. The number of rotatable bonds is 3. The van der Waals surface area contributed by atoms with Gasteiger partial charge >= 0.3 is 0 Å². The van der Waals surface area contributed by atoms with E-state index in [1.54, 1.807) is 30.3 Å². The average Bonchev–Trinajstić information content (AvgIpc) is 3.26. The fourth-order valence-corrected chi connectivity index (χ4v) is 4.11. The molecule has 1 fully saturated rings. The first-order valence-corrected chi connectivity index (χ1v) is 10.6. The molecule has 0 aliphatic carbocycles. The van der Waals surface area contributed by atoms with Gasteiger partial charge in [-0.05, 0) is 77.6 Å². The highest BCUT2D eigenvalue weighted by molar-refractivity contribution is 7.80. The molecule has 3 aromatic carbocycles. The van der Waals surface area contributed by atoms with E-state index in [1.807, 2.05) is 53.2 Å². The Labute approximate surface area is 194 Å². The van der Waals surface area contributed by atoms with Gasteiger partial charge in [0, 0.05) is 22.6 Å².